The third-order valence-corrected chi connectivity index (χ3v) is 5.51. The number of rotatable bonds is 6. The monoisotopic (exact) mass is 394 g/mol. The van der Waals surface area contributed by atoms with E-state index in [-0.39, 0.29) is 5.91 Å². The number of nitrogens with zero attached hydrogens (tertiary/aromatic N) is 3. The van der Waals surface area contributed by atoms with Gasteiger partial charge in [0.1, 0.15) is 0 Å². The molecule has 0 unspecified atom stereocenters. The highest BCUT2D eigenvalue weighted by atomic mass is 35.5. The van der Waals surface area contributed by atoms with Crippen LogP contribution in [0, 0.1) is 0 Å². The zero-order valence-corrected chi connectivity index (χ0v) is 16.6. The van der Waals surface area contributed by atoms with Gasteiger partial charge in [0, 0.05) is 35.9 Å². The first-order chi connectivity index (χ1) is 13.5. The Labute approximate surface area is 169 Å². The molecular formula is C22H23ClN4O. The number of likely N-dealkylation sites (N-methyl/N-ethyl adjacent to an activating group) is 1. The van der Waals surface area contributed by atoms with E-state index < -0.39 is 5.54 Å². The number of nitrogens with two attached hydrogens (primary N) is 1. The van der Waals surface area contributed by atoms with E-state index in [9.17, 15) is 4.79 Å². The van der Waals surface area contributed by atoms with E-state index in [0.717, 1.165) is 35.2 Å². The molecule has 28 heavy (non-hydrogen) atoms. The van der Waals surface area contributed by atoms with Crippen LogP contribution < -0.4 is 5.73 Å². The molecule has 144 valence electrons. The molecule has 0 bridgehead atoms. The maximum absolute atomic E-state index is 12.6. The third kappa shape index (κ3) is 3.81. The number of amides is 1. The third-order valence-electron chi connectivity index (χ3n) is 5.14. The molecule has 1 aromatic heterocycles. The van der Waals surface area contributed by atoms with Gasteiger partial charge < -0.3 is 10.6 Å². The fraction of sp³-hybridized carbons (Fsp3) is 0.273. The predicted octanol–water partition coefficient (Wildman–Crippen LogP) is 3.70. The highest BCUT2D eigenvalue weighted by Crippen LogP contribution is 2.34. The fourth-order valence-electron chi connectivity index (χ4n) is 3.36. The van der Waals surface area contributed by atoms with Crippen LogP contribution in [0.3, 0.4) is 0 Å². The highest BCUT2D eigenvalue weighted by molar-refractivity contribution is 6.31. The number of hydrogen-bond acceptors (Lipinski definition) is 3. The molecule has 1 saturated carbocycles. The minimum Gasteiger partial charge on any atom is -0.340 e. The van der Waals surface area contributed by atoms with Gasteiger partial charge in [-0.3, -0.25) is 9.48 Å². The van der Waals surface area contributed by atoms with Crippen molar-refractivity contribution in [3.63, 3.8) is 0 Å². The number of aromatic nitrogens is 2. The summed E-state index contributed by atoms with van der Waals surface area (Å²) in [7, 11) is 1.80. The van der Waals surface area contributed by atoms with Crippen LogP contribution in [0.5, 0.6) is 0 Å². The number of benzene rings is 2. The van der Waals surface area contributed by atoms with E-state index in [1.165, 1.54) is 0 Å². The van der Waals surface area contributed by atoms with E-state index in [4.69, 9.17) is 22.4 Å². The molecule has 0 spiro atoms. The zero-order valence-electron chi connectivity index (χ0n) is 15.8. The summed E-state index contributed by atoms with van der Waals surface area (Å²) in [6.07, 6.45) is 3.51. The van der Waals surface area contributed by atoms with Gasteiger partial charge in [-0.25, -0.2) is 0 Å². The molecule has 0 radical (unpaired) electrons. The van der Waals surface area contributed by atoms with E-state index in [1.54, 1.807) is 11.9 Å². The SMILES string of the molecule is CN(Cc1cn(Cc2ccccc2Cl)nc1-c1ccccc1)C(=O)C1(N)CC1. The molecule has 0 atom stereocenters. The van der Waals surface area contributed by atoms with Crippen LogP contribution in [0.2, 0.25) is 5.02 Å². The maximum Gasteiger partial charge on any atom is 0.242 e. The minimum absolute atomic E-state index is 0.00892. The van der Waals surface area contributed by atoms with Crippen molar-refractivity contribution in [2.75, 3.05) is 7.05 Å². The van der Waals surface area contributed by atoms with Gasteiger partial charge in [-0.15, -0.1) is 0 Å². The largest absolute Gasteiger partial charge is 0.340 e. The second-order valence-electron chi connectivity index (χ2n) is 7.48. The molecule has 4 rings (SSSR count). The summed E-state index contributed by atoms with van der Waals surface area (Å²) < 4.78 is 1.88. The molecule has 5 nitrogen and oxygen atoms in total. The molecule has 1 aliphatic rings. The van der Waals surface area contributed by atoms with Gasteiger partial charge in [0.25, 0.3) is 0 Å². The van der Waals surface area contributed by atoms with Crippen LogP contribution in [0.1, 0.15) is 24.0 Å². The van der Waals surface area contributed by atoms with Gasteiger partial charge in [-0.1, -0.05) is 60.1 Å². The van der Waals surface area contributed by atoms with Gasteiger partial charge in [-0.2, -0.15) is 5.10 Å². The summed E-state index contributed by atoms with van der Waals surface area (Å²) in [6.45, 7) is 1.03. The summed E-state index contributed by atoms with van der Waals surface area (Å²) in [5.41, 5.74) is 9.29. The molecule has 1 amide bonds. The summed E-state index contributed by atoms with van der Waals surface area (Å²) in [5, 5.41) is 5.51. The predicted molar refractivity (Wildman–Crippen MR) is 111 cm³/mol. The highest BCUT2D eigenvalue weighted by Gasteiger charge is 2.47. The lowest BCUT2D eigenvalue weighted by atomic mass is 10.1. The molecule has 1 heterocycles. The number of carbonyl (C=O) groups excluding carboxylic acids is 1. The van der Waals surface area contributed by atoms with Crippen molar-refractivity contribution in [2.45, 2.75) is 31.5 Å². The molecule has 2 N–H and O–H groups in total. The van der Waals surface area contributed by atoms with Gasteiger partial charge in [-0.05, 0) is 24.5 Å². The second kappa shape index (κ2) is 7.41. The van der Waals surface area contributed by atoms with Crippen LogP contribution in [0.15, 0.2) is 60.8 Å². The number of carbonyl (C=O) groups is 1. The van der Waals surface area contributed by atoms with E-state index in [0.29, 0.717) is 18.1 Å². The first kappa shape index (κ1) is 18.7. The molecule has 0 aliphatic heterocycles. The van der Waals surface area contributed by atoms with Crippen molar-refractivity contribution in [1.29, 1.82) is 0 Å². The average molecular weight is 395 g/mol. The molecular weight excluding hydrogens is 372 g/mol. The van der Waals surface area contributed by atoms with Crippen molar-refractivity contribution in [3.05, 3.63) is 76.9 Å². The van der Waals surface area contributed by atoms with Crippen molar-refractivity contribution in [1.82, 2.24) is 14.7 Å². The Balaban J connectivity index is 1.64. The summed E-state index contributed by atoms with van der Waals surface area (Å²) in [4.78, 5) is 14.3. The Morgan fingerprint density at radius 3 is 2.50 bits per heavy atom. The van der Waals surface area contributed by atoms with Crippen LogP contribution in [0.4, 0.5) is 0 Å². The van der Waals surface area contributed by atoms with Crippen LogP contribution in [-0.4, -0.2) is 33.2 Å². The lowest BCUT2D eigenvalue weighted by Crippen LogP contribution is -2.43. The molecule has 0 saturated heterocycles. The smallest absolute Gasteiger partial charge is 0.242 e. The number of halogens is 1. The summed E-state index contributed by atoms with van der Waals surface area (Å²) in [6, 6.07) is 17.8. The lowest BCUT2D eigenvalue weighted by molar-refractivity contribution is -0.132. The normalized spacial score (nSPS) is 14.7. The van der Waals surface area contributed by atoms with Gasteiger partial charge in [0.05, 0.1) is 17.8 Å². The Bertz CT molecular complexity index is 995. The molecule has 2 aromatic carbocycles. The summed E-state index contributed by atoms with van der Waals surface area (Å²) >= 11 is 6.31. The average Bonchev–Trinajstić information content (AvgIpc) is 3.33. The zero-order chi connectivity index (χ0) is 19.7. The number of hydrogen-bond donors (Lipinski definition) is 1. The van der Waals surface area contributed by atoms with Gasteiger partial charge in [0.2, 0.25) is 5.91 Å². The first-order valence-electron chi connectivity index (χ1n) is 9.36. The molecule has 1 aliphatic carbocycles. The van der Waals surface area contributed by atoms with Crippen molar-refractivity contribution in [3.8, 4) is 11.3 Å². The lowest BCUT2D eigenvalue weighted by Gasteiger charge is -2.20. The van der Waals surface area contributed by atoms with Crippen molar-refractivity contribution >= 4 is 17.5 Å². The quantitative estimate of drug-likeness (QED) is 0.693. The van der Waals surface area contributed by atoms with Crippen LogP contribution in [-0.2, 0) is 17.9 Å². The van der Waals surface area contributed by atoms with E-state index in [1.807, 2.05) is 65.5 Å². The van der Waals surface area contributed by atoms with Crippen LogP contribution in [0.25, 0.3) is 11.3 Å². The topological polar surface area (TPSA) is 64.2 Å². The molecule has 3 aromatic rings. The Morgan fingerprint density at radius 2 is 1.82 bits per heavy atom. The standard InChI is InChI=1S/C22H23ClN4O/c1-26(21(28)22(24)11-12-22)13-18-15-27(14-17-9-5-6-10-19(17)23)25-20(18)16-7-3-2-4-8-16/h2-10,15H,11-14,24H2,1H3. The fourth-order valence-corrected chi connectivity index (χ4v) is 3.55. The second-order valence-corrected chi connectivity index (χ2v) is 7.88. The van der Waals surface area contributed by atoms with Gasteiger partial charge >= 0.3 is 0 Å². The molecule has 1 fully saturated rings. The van der Waals surface area contributed by atoms with Gasteiger partial charge in [0.15, 0.2) is 0 Å². The summed E-state index contributed by atoms with van der Waals surface area (Å²) in [5.74, 6) is -0.00892. The Kier molecular flexibility index (Phi) is 4.96. The van der Waals surface area contributed by atoms with Crippen molar-refractivity contribution in [2.24, 2.45) is 5.73 Å². The maximum atomic E-state index is 12.6. The van der Waals surface area contributed by atoms with E-state index >= 15 is 0 Å². The first-order valence-corrected chi connectivity index (χ1v) is 9.74. The van der Waals surface area contributed by atoms with E-state index in [2.05, 4.69) is 0 Å². The minimum atomic E-state index is -0.671. The Hall–Kier alpha value is -2.63. The van der Waals surface area contributed by atoms with Crippen LogP contribution >= 0.6 is 11.6 Å². The van der Waals surface area contributed by atoms with Crippen molar-refractivity contribution < 1.29 is 4.79 Å². The Morgan fingerprint density at radius 1 is 1.14 bits per heavy atom. The molecule has 6 heteroatoms.